The van der Waals surface area contributed by atoms with Gasteiger partial charge in [0.05, 0.1) is 30.6 Å². The number of piperidine rings is 1. The molecule has 1 fully saturated rings. The number of hydrogen-bond donors (Lipinski definition) is 0. The van der Waals surface area contributed by atoms with Crippen LogP contribution in [0.25, 0.3) is 26.7 Å². The first-order valence-electron chi connectivity index (χ1n) is 14.8. The predicted octanol–water partition coefficient (Wildman–Crippen LogP) is 7.90. The summed E-state index contributed by atoms with van der Waals surface area (Å²) in [5, 5.41) is 4.20. The summed E-state index contributed by atoms with van der Waals surface area (Å²) in [6, 6.07) is 12.7. The van der Waals surface area contributed by atoms with E-state index in [4.69, 9.17) is 20.8 Å². The molecular formula is C34H33N5O5S. The van der Waals surface area contributed by atoms with Crippen molar-refractivity contribution in [1.29, 1.82) is 0 Å². The Morgan fingerprint density at radius 2 is 1.87 bits per heavy atom. The summed E-state index contributed by atoms with van der Waals surface area (Å²) in [5.74, 6) is 1.84. The number of nitrogens with zero attached hydrogens (tertiary/aromatic N) is 5. The number of fused-ring (bicyclic) bond motifs is 2. The normalized spacial score (nSPS) is 14.0. The number of carbonyl (C=O) groups is 2. The molecule has 1 aliphatic rings. The van der Waals surface area contributed by atoms with Crippen LogP contribution in [-0.2, 0) is 11.2 Å². The minimum atomic E-state index is -0.521. The van der Waals surface area contributed by atoms with Gasteiger partial charge in [-0.15, -0.1) is 11.3 Å². The van der Waals surface area contributed by atoms with E-state index in [2.05, 4.69) is 14.8 Å². The number of carbonyl (C=O) groups excluding carboxylic acids is 2. The molecule has 45 heavy (non-hydrogen) atoms. The van der Waals surface area contributed by atoms with E-state index in [0.717, 1.165) is 28.8 Å². The Kier molecular flexibility index (Phi) is 8.41. The minimum absolute atomic E-state index is 0.0512. The third-order valence-corrected chi connectivity index (χ3v) is 8.37. The van der Waals surface area contributed by atoms with Crippen LogP contribution in [-0.4, -0.2) is 56.7 Å². The van der Waals surface area contributed by atoms with E-state index < -0.39 is 5.60 Å². The summed E-state index contributed by atoms with van der Waals surface area (Å²) in [6.45, 7) is 15.1. The fourth-order valence-corrected chi connectivity index (χ4v) is 5.94. The number of likely N-dealkylation sites (tertiary alicyclic amines) is 1. The molecule has 2 aromatic carbocycles. The molecule has 1 amide bonds. The Hall–Kier alpha value is -4.95. The molecule has 0 bridgehead atoms. The monoisotopic (exact) mass is 623 g/mol. The van der Waals surface area contributed by atoms with Crippen LogP contribution in [0.4, 0.5) is 10.5 Å². The lowest BCUT2D eigenvalue weighted by Gasteiger charge is -2.33. The second-order valence-electron chi connectivity index (χ2n) is 12.0. The second-order valence-corrected chi connectivity index (χ2v) is 13.0. The van der Waals surface area contributed by atoms with Crippen LogP contribution in [0.3, 0.4) is 0 Å². The zero-order chi connectivity index (χ0) is 31.6. The average molecular weight is 624 g/mol. The molecule has 0 spiro atoms. The highest BCUT2D eigenvalue weighted by Gasteiger charge is 2.27. The minimum Gasteiger partial charge on any atom is -0.504 e. The van der Waals surface area contributed by atoms with Crippen LogP contribution in [0.15, 0.2) is 66.4 Å². The first-order chi connectivity index (χ1) is 21.7. The van der Waals surface area contributed by atoms with Gasteiger partial charge in [0.2, 0.25) is 11.6 Å². The van der Waals surface area contributed by atoms with Crippen LogP contribution in [0.2, 0.25) is 0 Å². The van der Waals surface area contributed by atoms with Gasteiger partial charge in [-0.05, 0) is 82.0 Å². The number of rotatable bonds is 7. The third-order valence-electron chi connectivity index (χ3n) is 7.59. The summed E-state index contributed by atoms with van der Waals surface area (Å²) < 4.78 is 19.6. The molecule has 6 rings (SSSR count). The van der Waals surface area contributed by atoms with Crippen LogP contribution < -0.4 is 9.47 Å². The summed E-state index contributed by atoms with van der Waals surface area (Å²) in [6.07, 6.45) is 6.67. The van der Waals surface area contributed by atoms with Crippen molar-refractivity contribution < 1.29 is 23.8 Å². The van der Waals surface area contributed by atoms with Crippen molar-refractivity contribution in [2.24, 2.45) is 5.92 Å². The molecule has 5 aromatic rings. The van der Waals surface area contributed by atoms with E-state index in [-0.39, 0.29) is 24.3 Å². The van der Waals surface area contributed by atoms with E-state index in [0.29, 0.717) is 53.5 Å². The Balaban J connectivity index is 1.13. The van der Waals surface area contributed by atoms with Crippen LogP contribution in [0, 0.1) is 12.5 Å². The van der Waals surface area contributed by atoms with E-state index in [1.165, 1.54) is 11.3 Å². The Morgan fingerprint density at radius 3 is 2.60 bits per heavy atom. The van der Waals surface area contributed by atoms with Gasteiger partial charge < -0.3 is 19.1 Å². The van der Waals surface area contributed by atoms with Crippen LogP contribution in [0.5, 0.6) is 17.2 Å². The van der Waals surface area contributed by atoms with Gasteiger partial charge in [0.25, 0.3) is 0 Å². The van der Waals surface area contributed by atoms with Gasteiger partial charge in [0, 0.05) is 47.8 Å². The first kappa shape index (κ1) is 30.1. The third kappa shape index (κ3) is 6.91. The highest BCUT2D eigenvalue weighted by Crippen LogP contribution is 2.38. The summed E-state index contributed by atoms with van der Waals surface area (Å²) in [7, 11) is 0. The van der Waals surface area contributed by atoms with Crippen molar-refractivity contribution in [3.8, 4) is 17.2 Å². The molecule has 11 heteroatoms. The smallest absolute Gasteiger partial charge is 0.410 e. The fourth-order valence-electron chi connectivity index (χ4n) is 5.33. The molecule has 230 valence electrons. The zero-order valence-electron chi connectivity index (χ0n) is 25.4. The Labute approximate surface area is 265 Å². The van der Waals surface area contributed by atoms with Crippen LogP contribution >= 0.6 is 11.3 Å². The lowest BCUT2D eigenvalue weighted by Crippen LogP contribution is -2.42. The van der Waals surface area contributed by atoms with Crippen molar-refractivity contribution in [3.05, 3.63) is 82.9 Å². The average Bonchev–Trinajstić information content (AvgIpc) is 3.69. The van der Waals surface area contributed by atoms with E-state index in [9.17, 15) is 9.59 Å². The fraction of sp³-hybridized carbons (Fsp3) is 0.324. The van der Waals surface area contributed by atoms with Gasteiger partial charge in [-0.1, -0.05) is 0 Å². The maximum atomic E-state index is 12.9. The quantitative estimate of drug-likeness (QED) is 0.170. The molecule has 10 nitrogen and oxygen atoms in total. The summed E-state index contributed by atoms with van der Waals surface area (Å²) in [5.41, 5.74) is 1.29. The molecule has 0 unspecified atom stereocenters. The van der Waals surface area contributed by atoms with Gasteiger partial charge >= 0.3 is 6.09 Å². The van der Waals surface area contributed by atoms with Gasteiger partial charge in [0.1, 0.15) is 27.9 Å². The molecule has 3 aromatic heterocycles. The maximum Gasteiger partial charge on any atom is 0.410 e. The lowest BCUT2D eigenvalue weighted by atomic mass is 9.98. The zero-order valence-corrected chi connectivity index (χ0v) is 26.2. The molecular weight excluding hydrogens is 590 g/mol. The molecule has 1 saturated heterocycles. The molecule has 0 saturated carbocycles. The number of ether oxygens (including phenoxy) is 3. The number of thiazole rings is 1. The van der Waals surface area contributed by atoms with Crippen LogP contribution in [0.1, 0.15) is 43.4 Å². The van der Waals surface area contributed by atoms with Crippen molar-refractivity contribution >= 4 is 50.8 Å². The van der Waals surface area contributed by atoms with E-state index >= 15 is 0 Å². The largest absolute Gasteiger partial charge is 0.504 e. The number of pyridine rings is 1. The number of aromatic nitrogens is 3. The number of hydrogen-bond acceptors (Lipinski definition) is 8. The van der Waals surface area contributed by atoms with Gasteiger partial charge in [-0.3, -0.25) is 14.3 Å². The summed E-state index contributed by atoms with van der Waals surface area (Å²) >= 11 is 1.46. The molecule has 0 radical (unpaired) electrons. The van der Waals surface area contributed by atoms with E-state index in [1.54, 1.807) is 46.3 Å². The molecule has 0 atom stereocenters. The van der Waals surface area contributed by atoms with Crippen molar-refractivity contribution in [2.75, 3.05) is 19.7 Å². The SMILES string of the molecule is [C-]#[N+]c1cc2c(Oc3ccc4c(ccn4C(=O)Cc4nccs4)c3)ccnc2cc1OCC1CCN(C(=O)OC(C)(C)C)CC1. The molecule has 0 aliphatic carbocycles. The number of amides is 1. The maximum absolute atomic E-state index is 12.9. The highest BCUT2D eigenvalue weighted by molar-refractivity contribution is 7.09. The first-order valence-corrected chi connectivity index (χ1v) is 15.7. The summed E-state index contributed by atoms with van der Waals surface area (Å²) in [4.78, 5) is 39.4. The molecule has 1 aliphatic heterocycles. The van der Waals surface area contributed by atoms with Gasteiger partial charge in [-0.2, -0.15) is 0 Å². The lowest BCUT2D eigenvalue weighted by molar-refractivity contribution is 0.0165. The van der Waals surface area contributed by atoms with Gasteiger partial charge in [-0.25, -0.2) is 14.6 Å². The highest BCUT2D eigenvalue weighted by atomic mass is 32.1. The number of benzene rings is 2. The standard InChI is InChI=1S/C34H33N5O5S/c1-34(2,3)44-33(41)38-13-8-22(9-14-38)21-42-30-19-26-25(18-27(30)35-4)29(7-11-36-26)43-24-5-6-28-23(17-24)10-15-39(28)32(40)20-31-37-12-16-45-31/h5-7,10-12,15-19,22H,8-9,13-14,20-21H2,1-3H3. The molecule has 4 heterocycles. The predicted molar refractivity (Wildman–Crippen MR) is 172 cm³/mol. The Morgan fingerprint density at radius 1 is 1.04 bits per heavy atom. The van der Waals surface area contributed by atoms with Gasteiger partial charge in [0.15, 0.2) is 0 Å². The second kappa shape index (κ2) is 12.6. The van der Waals surface area contributed by atoms with Crippen molar-refractivity contribution in [3.63, 3.8) is 0 Å². The topological polar surface area (TPSA) is 100 Å². The van der Waals surface area contributed by atoms with E-state index in [1.807, 2.05) is 50.4 Å². The Bertz CT molecular complexity index is 1900. The molecule has 0 N–H and O–H groups in total. The van der Waals surface area contributed by atoms with Crippen molar-refractivity contribution in [2.45, 2.75) is 45.6 Å². The van der Waals surface area contributed by atoms with Crippen molar-refractivity contribution in [1.82, 2.24) is 19.4 Å².